The number of aliphatic hydroxyl groups excluding tert-OH is 2. The largest absolute Gasteiger partial charge is 0.460 e. The predicted octanol–water partition coefficient (Wildman–Crippen LogP) is -2.38. The van der Waals surface area contributed by atoms with E-state index in [4.69, 9.17) is 10.2 Å². The predicted molar refractivity (Wildman–Crippen MR) is 44.3 cm³/mol. The fraction of sp³-hybridized carbons (Fsp3) is 0.714. The molecule has 0 bridgehead atoms. The smallest absolute Gasteiger partial charge is 0.332 e. The van der Waals surface area contributed by atoms with Crippen LogP contribution >= 0.6 is 0 Å². The lowest BCUT2D eigenvalue weighted by atomic mass is 10.4. The summed E-state index contributed by atoms with van der Waals surface area (Å²) >= 11 is 0. The molecule has 0 radical (unpaired) electrons. The summed E-state index contributed by atoms with van der Waals surface area (Å²) in [4.78, 5) is 20.9. The van der Waals surface area contributed by atoms with Gasteiger partial charge in [0.2, 0.25) is 0 Å². The molecule has 14 heavy (non-hydrogen) atoms. The summed E-state index contributed by atoms with van der Waals surface area (Å²) in [5.41, 5.74) is 0. The van der Waals surface area contributed by atoms with E-state index in [2.05, 4.69) is 9.47 Å². The zero-order chi connectivity index (χ0) is 10.3. The van der Waals surface area contributed by atoms with Gasteiger partial charge >= 0.3 is 11.9 Å². The average Bonchev–Trinajstić information content (AvgIpc) is 2.13. The van der Waals surface area contributed by atoms with Crippen molar-refractivity contribution in [2.45, 2.75) is 13.0 Å². The molecule has 0 saturated carbocycles. The Hall–Kier alpha value is -1.18. The number of carbonyl (C=O) groups excluding carboxylic acids is 2. The zero-order valence-corrected chi connectivity index (χ0v) is 7.73. The van der Waals surface area contributed by atoms with Crippen molar-refractivity contribution < 1.29 is 34.8 Å². The van der Waals surface area contributed by atoms with E-state index in [1.54, 1.807) is 0 Å². The van der Waals surface area contributed by atoms with E-state index >= 15 is 0 Å². The number of aliphatic hydroxyl groups is 2. The summed E-state index contributed by atoms with van der Waals surface area (Å²) in [6.45, 7) is -0.0533. The Bertz CT molecular complexity index is 179. The Morgan fingerprint density at radius 3 is 2.14 bits per heavy atom. The van der Waals surface area contributed by atoms with Gasteiger partial charge in [-0.3, -0.25) is 0 Å². The lowest BCUT2D eigenvalue weighted by Gasteiger charge is -2.11. The van der Waals surface area contributed by atoms with E-state index in [1.807, 2.05) is 0 Å². The maximum Gasteiger partial charge on any atom is 0.332 e. The van der Waals surface area contributed by atoms with Crippen molar-refractivity contribution in [3.63, 3.8) is 0 Å². The molecule has 0 heterocycles. The first-order chi connectivity index (χ1) is 6.10. The van der Waals surface area contributed by atoms with Crippen LogP contribution in [0.2, 0.25) is 0 Å². The van der Waals surface area contributed by atoms with Crippen molar-refractivity contribution in [3.8, 4) is 0 Å². The molecule has 84 valence electrons. The van der Waals surface area contributed by atoms with Gasteiger partial charge in [0.15, 0.2) is 0 Å². The molecule has 0 aliphatic heterocycles. The summed E-state index contributed by atoms with van der Waals surface area (Å²) in [6, 6.07) is 0. The fourth-order valence-corrected chi connectivity index (χ4v) is 0.552. The molecule has 0 saturated heterocycles. The molecule has 0 fully saturated rings. The van der Waals surface area contributed by atoms with Crippen molar-refractivity contribution in [2.24, 2.45) is 0 Å². The van der Waals surface area contributed by atoms with Gasteiger partial charge in [-0.1, -0.05) is 0 Å². The van der Waals surface area contributed by atoms with Crippen LogP contribution in [-0.2, 0) is 19.1 Å². The first-order valence-corrected chi connectivity index (χ1v) is 3.67. The van der Waals surface area contributed by atoms with Gasteiger partial charge in [0.1, 0.15) is 25.9 Å². The summed E-state index contributed by atoms with van der Waals surface area (Å²) in [5, 5.41) is 16.5. The fourth-order valence-electron chi connectivity index (χ4n) is 0.552. The molecule has 0 spiro atoms. The van der Waals surface area contributed by atoms with Gasteiger partial charge < -0.3 is 25.2 Å². The highest BCUT2D eigenvalue weighted by Crippen LogP contribution is 1.92. The van der Waals surface area contributed by atoms with Crippen molar-refractivity contribution in [3.05, 3.63) is 0 Å². The summed E-state index contributed by atoms with van der Waals surface area (Å²) < 4.78 is 9.00. The minimum absolute atomic E-state index is 0. The third kappa shape index (κ3) is 7.47. The zero-order valence-electron chi connectivity index (χ0n) is 7.73. The number of esters is 2. The van der Waals surface area contributed by atoms with E-state index in [0.29, 0.717) is 0 Å². The molecule has 7 heteroatoms. The second-order valence-corrected chi connectivity index (χ2v) is 2.30. The third-order valence-electron chi connectivity index (χ3n) is 1.07. The lowest BCUT2D eigenvalue weighted by Crippen LogP contribution is -2.24. The molecule has 0 unspecified atom stereocenters. The number of rotatable bonds is 5. The maximum atomic E-state index is 10.5. The van der Waals surface area contributed by atoms with Gasteiger partial charge in [-0.25, -0.2) is 9.59 Å². The minimum Gasteiger partial charge on any atom is -0.460 e. The van der Waals surface area contributed by atoms with Gasteiger partial charge in [-0.05, 0) is 6.92 Å². The first-order valence-electron chi connectivity index (χ1n) is 3.67. The van der Waals surface area contributed by atoms with Crippen LogP contribution < -0.4 is 0 Å². The van der Waals surface area contributed by atoms with E-state index in [1.165, 1.54) is 6.92 Å². The second kappa shape index (κ2) is 8.42. The summed E-state index contributed by atoms with van der Waals surface area (Å²) in [7, 11) is 0. The molecule has 0 rings (SSSR count). The highest BCUT2D eigenvalue weighted by atomic mass is 16.6. The van der Waals surface area contributed by atoms with E-state index < -0.39 is 31.3 Å². The number of ether oxygens (including phenoxy) is 2. The molecule has 0 aromatic heterocycles. The van der Waals surface area contributed by atoms with Crippen molar-refractivity contribution >= 4 is 11.9 Å². The topological polar surface area (TPSA) is 125 Å². The minimum atomic E-state index is -0.785. The highest BCUT2D eigenvalue weighted by Gasteiger charge is 2.10. The molecule has 0 aliphatic rings. The first kappa shape index (κ1) is 15.3. The molecule has 0 amide bonds. The molecule has 0 aromatic carbocycles. The van der Waals surface area contributed by atoms with Crippen LogP contribution in [0.4, 0.5) is 0 Å². The molecular formula is C7H14O7. The van der Waals surface area contributed by atoms with Crippen LogP contribution in [-0.4, -0.2) is 53.6 Å². The third-order valence-corrected chi connectivity index (χ3v) is 1.07. The van der Waals surface area contributed by atoms with Gasteiger partial charge in [0.25, 0.3) is 0 Å². The van der Waals surface area contributed by atoms with Gasteiger partial charge in [0, 0.05) is 0 Å². The number of carbonyl (C=O) groups is 2. The molecule has 0 aromatic rings. The summed E-state index contributed by atoms with van der Waals surface area (Å²) in [5.74, 6) is -1.57. The Kier molecular flexibility index (Phi) is 9.20. The molecule has 4 N–H and O–H groups in total. The average molecular weight is 210 g/mol. The maximum absolute atomic E-state index is 10.5. The SMILES string of the molecule is C[C@@H](COC(=O)CO)OC(=O)CO.O. The van der Waals surface area contributed by atoms with E-state index in [0.717, 1.165) is 0 Å². The Morgan fingerprint density at radius 2 is 1.71 bits per heavy atom. The normalized spacial score (nSPS) is 11.1. The number of hydrogen-bond acceptors (Lipinski definition) is 6. The van der Waals surface area contributed by atoms with Gasteiger partial charge in [0.05, 0.1) is 0 Å². The monoisotopic (exact) mass is 210 g/mol. The van der Waals surface area contributed by atoms with Crippen LogP contribution in [0.5, 0.6) is 0 Å². The molecule has 1 atom stereocenters. The lowest BCUT2D eigenvalue weighted by molar-refractivity contribution is -0.161. The standard InChI is InChI=1S/C7H12O6.H2O/c1-5(13-7(11)3-9)4-12-6(10)2-8;/h5,8-9H,2-4H2,1H3;1H2/t5-;/m0./s1. The molecule has 7 nitrogen and oxygen atoms in total. The van der Waals surface area contributed by atoms with Crippen molar-refractivity contribution in [1.29, 1.82) is 0 Å². The molecule has 0 aliphatic carbocycles. The molecular weight excluding hydrogens is 196 g/mol. The van der Waals surface area contributed by atoms with Crippen LogP contribution in [0.15, 0.2) is 0 Å². The van der Waals surface area contributed by atoms with Crippen LogP contribution in [0.1, 0.15) is 6.92 Å². The van der Waals surface area contributed by atoms with Crippen LogP contribution in [0.25, 0.3) is 0 Å². The van der Waals surface area contributed by atoms with Gasteiger partial charge in [-0.15, -0.1) is 0 Å². The highest BCUT2D eigenvalue weighted by molar-refractivity contribution is 5.71. The van der Waals surface area contributed by atoms with Crippen LogP contribution in [0, 0.1) is 0 Å². The van der Waals surface area contributed by atoms with E-state index in [9.17, 15) is 9.59 Å². The quantitative estimate of drug-likeness (QED) is 0.488. The summed E-state index contributed by atoms with van der Waals surface area (Å²) in [6.07, 6.45) is -0.629. The van der Waals surface area contributed by atoms with Gasteiger partial charge in [-0.2, -0.15) is 0 Å². The van der Waals surface area contributed by atoms with Crippen LogP contribution in [0.3, 0.4) is 0 Å². The Labute approximate surface area is 80.5 Å². The van der Waals surface area contributed by atoms with E-state index in [-0.39, 0.29) is 12.1 Å². The van der Waals surface area contributed by atoms with Crippen molar-refractivity contribution in [1.82, 2.24) is 0 Å². The van der Waals surface area contributed by atoms with Crippen molar-refractivity contribution in [2.75, 3.05) is 19.8 Å². The second-order valence-electron chi connectivity index (χ2n) is 2.30. The number of hydrogen-bond donors (Lipinski definition) is 2. The Morgan fingerprint density at radius 1 is 1.21 bits per heavy atom. The Balaban J connectivity index is 0.